The van der Waals surface area contributed by atoms with Crippen molar-refractivity contribution in [2.75, 3.05) is 5.32 Å². The fourth-order valence-electron chi connectivity index (χ4n) is 1.73. The molecule has 0 atom stereocenters. The van der Waals surface area contributed by atoms with Crippen molar-refractivity contribution in [2.45, 2.75) is 13.1 Å². The molecule has 1 aliphatic heterocycles. The maximum Gasteiger partial charge on any atom is 0.0587 e. The van der Waals surface area contributed by atoms with Crippen molar-refractivity contribution < 1.29 is 0 Å². The van der Waals surface area contributed by atoms with E-state index in [1.165, 1.54) is 16.3 Å². The normalized spacial score (nSPS) is 14.2. The van der Waals surface area contributed by atoms with E-state index in [-0.39, 0.29) is 0 Å². The first-order chi connectivity index (χ1) is 6.43. The Bertz CT molecular complexity index is 387. The van der Waals surface area contributed by atoms with E-state index in [9.17, 15) is 0 Å². The summed E-state index contributed by atoms with van der Waals surface area (Å²) in [4.78, 5) is 1.43. The molecule has 3 heterocycles. The molecule has 66 valence electrons. The summed E-state index contributed by atoms with van der Waals surface area (Å²) in [5, 5.41) is 5.58. The van der Waals surface area contributed by atoms with Crippen molar-refractivity contribution in [1.82, 2.24) is 4.57 Å². The minimum Gasteiger partial charge on any atom is -0.379 e. The first-order valence-electron chi connectivity index (χ1n) is 4.38. The quantitative estimate of drug-likeness (QED) is 0.675. The SMILES string of the molecule is c1cc2n(c1)Cc1sccc1NC2. The Balaban J connectivity index is 2.10. The van der Waals surface area contributed by atoms with Gasteiger partial charge in [0.2, 0.25) is 0 Å². The number of hydrogen-bond donors (Lipinski definition) is 1. The Morgan fingerprint density at radius 2 is 2.38 bits per heavy atom. The van der Waals surface area contributed by atoms with Gasteiger partial charge in [-0.2, -0.15) is 0 Å². The topological polar surface area (TPSA) is 17.0 Å². The molecule has 3 rings (SSSR count). The number of rotatable bonds is 0. The van der Waals surface area contributed by atoms with Crippen molar-refractivity contribution in [3.8, 4) is 0 Å². The van der Waals surface area contributed by atoms with Crippen molar-refractivity contribution in [3.63, 3.8) is 0 Å². The molecule has 0 saturated heterocycles. The van der Waals surface area contributed by atoms with Crippen LogP contribution in [0, 0.1) is 0 Å². The number of fused-ring (bicyclic) bond motifs is 2. The van der Waals surface area contributed by atoms with Gasteiger partial charge < -0.3 is 9.88 Å². The molecule has 2 aromatic heterocycles. The molecule has 2 nitrogen and oxygen atoms in total. The van der Waals surface area contributed by atoms with Gasteiger partial charge in [-0.3, -0.25) is 0 Å². The number of nitrogens with one attached hydrogen (secondary N) is 1. The molecule has 13 heavy (non-hydrogen) atoms. The highest BCUT2D eigenvalue weighted by molar-refractivity contribution is 7.10. The molecule has 2 aromatic rings. The van der Waals surface area contributed by atoms with Gasteiger partial charge in [0.15, 0.2) is 0 Å². The molecule has 0 amide bonds. The Morgan fingerprint density at radius 3 is 3.38 bits per heavy atom. The molecule has 3 heteroatoms. The summed E-state index contributed by atoms with van der Waals surface area (Å²) in [6, 6.07) is 6.44. The summed E-state index contributed by atoms with van der Waals surface area (Å²) in [7, 11) is 0. The monoisotopic (exact) mass is 190 g/mol. The van der Waals surface area contributed by atoms with Crippen LogP contribution in [0.5, 0.6) is 0 Å². The lowest BCUT2D eigenvalue weighted by atomic mass is 10.4. The van der Waals surface area contributed by atoms with Crippen LogP contribution in [-0.4, -0.2) is 4.57 Å². The van der Waals surface area contributed by atoms with Gasteiger partial charge in [0.25, 0.3) is 0 Å². The lowest BCUT2D eigenvalue weighted by Gasteiger charge is -2.01. The molecule has 0 aliphatic carbocycles. The molecule has 0 saturated carbocycles. The van der Waals surface area contributed by atoms with Crippen LogP contribution in [0.25, 0.3) is 0 Å². The summed E-state index contributed by atoms with van der Waals surface area (Å²) in [6.45, 7) is 1.96. The number of hydrogen-bond acceptors (Lipinski definition) is 2. The second-order valence-corrected chi connectivity index (χ2v) is 4.24. The van der Waals surface area contributed by atoms with Crippen molar-refractivity contribution in [3.05, 3.63) is 40.3 Å². The fourth-order valence-corrected chi connectivity index (χ4v) is 2.57. The Morgan fingerprint density at radius 1 is 1.38 bits per heavy atom. The molecule has 0 unspecified atom stereocenters. The van der Waals surface area contributed by atoms with Gasteiger partial charge in [-0.1, -0.05) is 0 Å². The maximum atomic E-state index is 3.44. The van der Waals surface area contributed by atoms with Crippen LogP contribution in [0.2, 0.25) is 0 Å². The summed E-state index contributed by atoms with van der Waals surface area (Å²) < 4.78 is 2.30. The predicted octanol–water partition coefficient (Wildman–Crippen LogP) is 2.52. The zero-order chi connectivity index (χ0) is 8.67. The van der Waals surface area contributed by atoms with E-state index in [4.69, 9.17) is 0 Å². The third-order valence-electron chi connectivity index (χ3n) is 2.44. The first kappa shape index (κ1) is 7.21. The predicted molar refractivity (Wildman–Crippen MR) is 55.2 cm³/mol. The smallest absolute Gasteiger partial charge is 0.0587 e. The van der Waals surface area contributed by atoms with Gasteiger partial charge in [-0.25, -0.2) is 0 Å². The van der Waals surface area contributed by atoms with Crippen molar-refractivity contribution in [2.24, 2.45) is 0 Å². The third kappa shape index (κ3) is 1.08. The third-order valence-corrected chi connectivity index (χ3v) is 3.35. The first-order valence-corrected chi connectivity index (χ1v) is 5.26. The van der Waals surface area contributed by atoms with E-state index in [0.29, 0.717) is 0 Å². The molecular formula is C10H10N2S. The van der Waals surface area contributed by atoms with Gasteiger partial charge in [0, 0.05) is 16.8 Å². The van der Waals surface area contributed by atoms with Crippen molar-refractivity contribution >= 4 is 17.0 Å². The van der Waals surface area contributed by atoms with Crippen LogP contribution in [0.3, 0.4) is 0 Å². The number of thiophene rings is 1. The van der Waals surface area contributed by atoms with Crippen molar-refractivity contribution in [1.29, 1.82) is 0 Å². The van der Waals surface area contributed by atoms with Crippen LogP contribution in [0.1, 0.15) is 10.6 Å². The maximum absolute atomic E-state index is 3.44. The molecule has 0 fully saturated rings. The van der Waals surface area contributed by atoms with Crippen LogP contribution in [-0.2, 0) is 13.1 Å². The Labute approximate surface area is 80.8 Å². The second kappa shape index (κ2) is 2.64. The molecule has 1 aliphatic rings. The zero-order valence-corrected chi connectivity index (χ0v) is 7.97. The number of anilines is 1. The second-order valence-electron chi connectivity index (χ2n) is 3.24. The largest absolute Gasteiger partial charge is 0.379 e. The summed E-state index contributed by atoms with van der Waals surface area (Å²) in [5.41, 5.74) is 2.66. The van der Waals surface area contributed by atoms with Crippen LogP contribution < -0.4 is 5.32 Å². The highest BCUT2D eigenvalue weighted by atomic mass is 32.1. The highest BCUT2D eigenvalue weighted by Crippen LogP contribution is 2.27. The molecule has 0 spiro atoms. The van der Waals surface area contributed by atoms with Gasteiger partial charge in [-0.05, 0) is 23.6 Å². The van der Waals surface area contributed by atoms with E-state index < -0.39 is 0 Å². The van der Waals surface area contributed by atoms with Gasteiger partial charge >= 0.3 is 0 Å². The molecule has 0 bridgehead atoms. The minimum absolute atomic E-state index is 0.941. The zero-order valence-electron chi connectivity index (χ0n) is 7.16. The number of nitrogens with zero attached hydrogens (tertiary/aromatic N) is 1. The van der Waals surface area contributed by atoms with Crippen LogP contribution in [0.15, 0.2) is 29.8 Å². The summed E-state index contributed by atoms with van der Waals surface area (Å²) in [6.07, 6.45) is 2.14. The fraction of sp³-hybridized carbons (Fsp3) is 0.200. The van der Waals surface area contributed by atoms with Gasteiger partial charge in [-0.15, -0.1) is 11.3 Å². The lowest BCUT2D eigenvalue weighted by molar-refractivity contribution is 0.780. The van der Waals surface area contributed by atoms with E-state index in [2.05, 4.69) is 39.7 Å². The standard InChI is InChI=1S/C10H10N2S/c1-2-8-6-11-9-3-5-13-10(9)7-12(8)4-1/h1-5,11H,6-7H2. The minimum atomic E-state index is 0.941. The van der Waals surface area contributed by atoms with Gasteiger partial charge in [0.1, 0.15) is 0 Å². The average Bonchev–Trinajstić information content (AvgIpc) is 2.72. The van der Waals surface area contributed by atoms with E-state index in [1.54, 1.807) is 0 Å². The Hall–Kier alpha value is -1.22. The molecular weight excluding hydrogens is 180 g/mol. The number of aromatic nitrogens is 1. The van der Waals surface area contributed by atoms with E-state index in [0.717, 1.165) is 13.1 Å². The molecule has 0 aromatic carbocycles. The highest BCUT2D eigenvalue weighted by Gasteiger charge is 2.11. The van der Waals surface area contributed by atoms with Gasteiger partial charge in [0.05, 0.1) is 18.8 Å². The molecule has 0 radical (unpaired) electrons. The van der Waals surface area contributed by atoms with Crippen LogP contribution >= 0.6 is 11.3 Å². The van der Waals surface area contributed by atoms with Crippen LogP contribution in [0.4, 0.5) is 5.69 Å². The summed E-state index contributed by atoms with van der Waals surface area (Å²) in [5.74, 6) is 0. The molecule has 1 N–H and O–H groups in total. The van der Waals surface area contributed by atoms with E-state index in [1.807, 2.05) is 11.3 Å². The Kier molecular flexibility index (Phi) is 1.46. The van der Waals surface area contributed by atoms with E-state index >= 15 is 0 Å². The summed E-state index contributed by atoms with van der Waals surface area (Å²) >= 11 is 1.82. The average molecular weight is 190 g/mol. The lowest BCUT2D eigenvalue weighted by Crippen LogP contribution is -2.01.